The molecule has 3 nitrogen and oxygen atoms in total. The van der Waals surface area contributed by atoms with Gasteiger partial charge in [-0.2, -0.15) is 0 Å². The minimum absolute atomic E-state index is 0.0735. The van der Waals surface area contributed by atoms with Crippen molar-refractivity contribution in [1.29, 1.82) is 0 Å². The first kappa shape index (κ1) is 8.99. The van der Waals surface area contributed by atoms with Gasteiger partial charge in [-0.25, -0.2) is 9.18 Å². The van der Waals surface area contributed by atoms with Crippen LogP contribution in [0.2, 0.25) is 0 Å². The number of carbonyl (C=O) groups is 1. The predicted octanol–water partition coefficient (Wildman–Crippen LogP) is 1.70. The number of benzene rings is 1. The normalized spacial score (nSPS) is 16.6. The van der Waals surface area contributed by atoms with Crippen molar-refractivity contribution in [3.05, 3.63) is 30.1 Å². The van der Waals surface area contributed by atoms with Crippen molar-refractivity contribution in [1.82, 2.24) is 4.90 Å². The van der Waals surface area contributed by atoms with E-state index in [0.717, 1.165) is 0 Å². The first-order valence-electron chi connectivity index (χ1n) is 4.46. The van der Waals surface area contributed by atoms with Crippen LogP contribution in [0.15, 0.2) is 24.3 Å². The lowest BCUT2D eigenvalue weighted by atomic mass is 10.3. The molecule has 0 aromatic heterocycles. The van der Waals surface area contributed by atoms with Gasteiger partial charge in [-0.05, 0) is 18.2 Å². The highest BCUT2D eigenvalue weighted by Gasteiger charge is 2.26. The number of hydrogen-bond donors (Lipinski definition) is 0. The molecule has 2 rings (SSSR count). The van der Waals surface area contributed by atoms with Gasteiger partial charge < -0.3 is 4.90 Å². The van der Waals surface area contributed by atoms with Crippen LogP contribution in [-0.2, 0) is 0 Å². The van der Waals surface area contributed by atoms with Crippen LogP contribution >= 0.6 is 0 Å². The van der Waals surface area contributed by atoms with Crippen molar-refractivity contribution >= 4 is 11.7 Å². The summed E-state index contributed by atoms with van der Waals surface area (Å²) >= 11 is 0. The third kappa shape index (κ3) is 1.43. The maximum Gasteiger partial charge on any atom is 0.324 e. The van der Waals surface area contributed by atoms with Crippen molar-refractivity contribution in [3.8, 4) is 0 Å². The molecule has 74 valence electrons. The van der Waals surface area contributed by atoms with Crippen LogP contribution < -0.4 is 4.90 Å². The van der Waals surface area contributed by atoms with Gasteiger partial charge in [0, 0.05) is 25.8 Å². The molecule has 0 saturated carbocycles. The Kier molecular flexibility index (Phi) is 2.11. The van der Waals surface area contributed by atoms with Gasteiger partial charge in [0.1, 0.15) is 5.82 Å². The highest BCUT2D eigenvalue weighted by Crippen LogP contribution is 2.19. The van der Waals surface area contributed by atoms with Crippen molar-refractivity contribution in [2.24, 2.45) is 0 Å². The number of nitrogens with zero attached hydrogens (tertiary/aromatic N) is 2. The number of urea groups is 1. The van der Waals surface area contributed by atoms with Gasteiger partial charge in [0.2, 0.25) is 0 Å². The zero-order valence-electron chi connectivity index (χ0n) is 7.90. The van der Waals surface area contributed by atoms with E-state index in [0.29, 0.717) is 18.8 Å². The summed E-state index contributed by atoms with van der Waals surface area (Å²) in [6.45, 7) is 1.31. The summed E-state index contributed by atoms with van der Waals surface area (Å²) in [5.41, 5.74) is 0.624. The molecule has 0 unspecified atom stereocenters. The van der Waals surface area contributed by atoms with E-state index in [4.69, 9.17) is 0 Å². The lowest BCUT2D eigenvalue weighted by Gasteiger charge is -2.15. The number of halogens is 1. The van der Waals surface area contributed by atoms with E-state index in [1.54, 1.807) is 29.0 Å². The van der Waals surface area contributed by atoms with Crippen LogP contribution in [0, 0.1) is 5.82 Å². The Morgan fingerprint density at radius 3 is 2.71 bits per heavy atom. The molecule has 1 fully saturated rings. The molecule has 0 atom stereocenters. The Balaban J connectivity index is 2.28. The summed E-state index contributed by atoms with van der Waals surface area (Å²) in [5, 5.41) is 0. The third-order valence-corrected chi connectivity index (χ3v) is 2.34. The molecular formula is C10H11FN2O. The highest BCUT2D eigenvalue weighted by atomic mass is 19.1. The summed E-state index contributed by atoms with van der Waals surface area (Å²) in [4.78, 5) is 14.7. The molecule has 1 saturated heterocycles. The van der Waals surface area contributed by atoms with E-state index in [-0.39, 0.29) is 11.8 Å². The minimum Gasteiger partial charge on any atom is -0.326 e. The Hall–Kier alpha value is -1.58. The van der Waals surface area contributed by atoms with Crippen molar-refractivity contribution in [2.45, 2.75) is 0 Å². The Morgan fingerprint density at radius 1 is 1.36 bits per heavy atom. The second-order valence-electron chi connectivity index (χ2n) is 3.34. The summed E-state index contributed by atoms with van der Waals surface area (Å²) in [6, 6.07) is 6.01. The smallest absolute Gasteiger partial charge is 0.324 e. The Morgan fingerprint density at radius 2 is 2.14 bits per heavy atom. The third-order valence-electron chi connectivity index (χ3n) is 2.34. The average Bonchev–Trinajstić information content (AvgIpc) is 2.48. The summed E-state index contributed by atoms with van der Waals surface area (Å²) in [6.07, 6.45) is 0. The predicted molar refractivity (Wildman–Crippen MR) is 51.8 cm³/mol. The van der Waals surface area contributed by atoms with E-state index in [9.17, 15) is 9.18 Å². The van der Waals surface area contributed by atoms with Gasteiger partial charge in [0.05, 0.1) is 0 Å². The summed E-state index contributed by atoms with van der Waals surface area (Å²) in [7, 11) is 1.74. The van der Waals surface area contributed by atoms with Gasteiger partial charge in [-0.3, -0.25) is 4.90 Å². The van der Waals surface area contributed by atoms with Gasteiger partial charge in [0.25, 0.3) is 0 Å². The fourth-order valence-corrected chi connectivity index (χ4v) is 1.53. The second-order valence-corrected chi connectivity index (χ2v) is 3.34. The molecule has 0 radical (unpaired) electrons. The molecule has 0 N–H and O–H groups in total. The molecule has 1 heterocycles. The number of likely N-dealkylation sites (N-methyl/N-ethyl adjacent to an activating group) is 1. The average molecular weight is 194 g/mol. The van der Waals surface area contributed by atoms with Crippen LogP contribution in [-0.4, -0.2) is 31.1 Å². The monoisotopic (exact) mass is 194 g/mol. The van der Waals surface area contributed by atoms with Crippen LogP contribution in [0.1, 0.15) is 0 Å². The molecular weight excluding hydrogens is 183 g/mol. The van der Waals surface area contributed by atoms with Gasteiger partial charge in [0.15, 0.2) is 0 Å². The zero-order valence-corrected chi connectivity index (χ0v) is 7.90. The zero-order chi connectivity index (χ0) is 10.1. The fraction of sp³-hybridized carbons (Fsp3) is 0.300. The number of carbonyl (C=O) groups excluding carboxylic acids is 1. The molecule has 1 aromatic rings. The lowest BCUT2D eigenvalue weighted by Crippen LogP contribution is -2.29. The topological polar surface area (TPSA) is 23.6 Å². The van der Waals surface area contributed by atoms with Crippen LogP contribution in [0.25, 0.3) is 0 Å². The minimum atomic E-state index is -0.315. The number of amides is 2. The molecule has 1 aliphatic rings. The number of hydrogen-bond acceptors (Lipinski definition) is 1. The van der Waals surface area contributed by atoms with E-state index in [1.807, 2.05) is 0 Å². The lowest BCUT2D eigenvalue weighted by molar-refractivity contribution is 0.229. The van der Waals surface area contributed by atoms with E-state index in [1.165, 1.54) is 12.1 Å². The Labute approximate surface area is 81.7 Å². The molecule has 0 spiro atoms. The maximum atomic E-state index is 12.9. The molecule has 4 heteroatoms. The first-order chi connectivity index (χ1) is 6.68. The highest BCUT2D eigenvalue weighted by molar-refractivity contribution is 5.93. The van der Waals surface area contributed by atoms with Crippen molar-refractivity contribution in [2.75, 3.05) is 25.0 Å². The standard InChI is InChI=1S/C10H11FN2O/c1-12-5-6-13(10(12)14)9-4-2-3-8(11)7-9/h2-4,7H,5-6H2,1H3. The largest absolute Gasteiger partial charge is 0.326 e. The van der Waals surface area contributed by atoms with E-state index < -0.39 is 0 Å². The van der Waals surface area contributed by atoms with Gasteiger partial charge in [-0.1, -0.05) is 6.07 Å². The van der Waals surface area contributed by atoms with Crippen LogP contribution in [0.4, 0.5) is 14.9 Å². The fourth-order valence-electron chi connectivity index (χ4n) is 1.53. The molecule has 2 amide bonds. The maximum absolute atomic E-state index is 12.9. The molecule has 14 heavy (non-hydrogen) atoms. The number of rotatable bonds is 1. The SMILES string of the molecule is CN1CCN(c2cccc(F)c2)C1=O. The number of anilines is 1. The quantitative estimate of drug-likeness (QED) is 0.667. The van der Waals surface area contributed by atoms with Crippen molar-refractivity contribution < 1.29 is 9.18 Å². The van der Waals surface area contributed by atoms with Crippen LogP contribution in [0.5, 0.6) is 0 Å². The van der Waals surface area contributed by atoms with Gasteiger partial charge >= 0.3 is 6.03 Å². The van der Waals surface area contributed by atoms with E-state index >= 15 is 0 Å². The Bertz CT molecular complexity index is 367. The molecule has 1 aliphatic heterocycles. The van der Waals surface area contributed by atoms with Crippen LogP contribution in [0.3, 0.4) is 0 Å². The molecule has 0 aliphatic carbocycles. The molecule has 1 aromatic carbocycles. The first-order valence-corrected chi connectivity index (χ1v) is 4.46. The van der Waals surface area contributed by atoms with Gasteiger partial charge in [-0.15, -0.1) is 0 Å². The summed E-state index contributed by atoms with van der Waals surface area (Å²) < 4.78 is 12.9. The van der Waals surface area contributed by atoms with E-state index in [2.05, 4.69) is 0 Å². The summed E-state index contributed by atoms with van der Waals surface area (Å²) in [5.74, 6) is -0.315. The molecule has 0 bridgehead atoms. The second kappa shape index (κ2) is 3.29. The van der Waals surface area contributed by atoms with Crippen molar-refractivity contribution in [3.63, 3.8) is 0 Å².